The normalized spacial score (nSPS) is 12.4. The third-order valence-corrected chi connectivity index (χ3v) is 2.54. The van der Waals surface area contributed by atoms with E-state index in [9.17, 15) is 4.79 Å². The fourth-order valence-corrected chi connectivity index (χ4v) is 1.49. The van der Waals surface area contributed by atoms with Crippen LogP contribution in [0.3, 0.4) is 0 Å². The Labute approximate surface area is 98.7 Å². The van der Waals surface area contributed by atoms with E-state index in [2.05, 4.69) is 10.1 Å². The second-order valence-electron chi connectivity index (χ2n) is 3.93. The average Bonchev–Trinajstić information content (AvgIpc) is 2.77. The van der Waals surface area contributed by atoms with Crippen LogP contribution in [0.4, 0.5) is 0 Å². The zero-order chi connectivity index (χ0) is 12.4. The molecule has 2 rings (SSSR count). The fraction of sp³-hybridized carbons (Fsp3) is 0.250. The van der Waals surface area contributed by atoms with Gasteiger partial charge in [-0.1, -0.05) is 23.8 Å². The molecule has 1 aromatic heterocycles. The average molecular weight is 231 g/mol. The number of rotatable bonds is 3. The van der Waals surface area contributed by atoms with Crippen LogP contribution in [-0.2, 0) is 4.79 Å². The molecule has 0 amide bonds. The number of nitrogens with zero attached hydrogens (tertiary/aromatic N) is 3. The van der Waals surface area contributed by atoms with E-state index in [0.29, 0.717) is 5.82 Å². The van der Waals surface area contributed by atoms with Gasteiger partial charge in [-0.05, 0) is 19.9 Å². The van der Waals surface area contributed by atoms with Gasteiger partial charge in [0, 0.05) is 5.56 Å². The van der Waals surface area contributed by atoms with Gasteiger partial charge in [0.2, 0.25) is 0 Å². The van der Waals surface area contributed by atoms with E-state index < -0.39 is 12.0 Å². The number of carboxylic acids is 1. The SMILES string of the molecule is Cc1cccc(-c2ncn(C(C)C(=O)O)n2)c1. The van der Waals surface area contributed by atoms with Crippen LogP contribution in [0.25, 0.3) is 11.4 Å². The van der Waals surface area contributed by atoms with E-state index in [4.69, 9.17) is 5.11 Å². The van der Waals surface area contributed by atoms with Crippen LogP contribution in [0, 0.1) is 6.92 Å². The van der Waals surface area contributed by atoms with E-state index >= 15 is 0 Å². The van der Waals surface area contributed by atoms with Crippen molar-refractivity contribution in [2.24, 2.45) is 0 Å². The van der Waals surface area contributed by atoms with Crippen LogP contribution in [-0.4, -0.2) is 25.8 Å². The highest BCUT2D eigenvalue weighted by Crippen LogP contribution is 2.16. The molecule has 5 heteroatoms. The summed E-state index contributed by atoms with van der Waals surface area (Å²) in [7, 11) is 0. The van der Waals surface area contributed by atoms with Gasteiger partial charge in [-0.25, -0.2) is 14.5 Å². The maximum Gasteiger partial charge on any atom is 0.328 e. The Morgan fingerprint density at radius 1 is 1.47 bits per heavy atom. The molecular weight excluding hydrogens is 218 g/mol. The predicted molar refractivity (Wildman–Crippen MR) is 62.5 cm³/mol. The lowest BCUT2D eigenvalue weighted by Crippen LogP contribution is -2.15. The van der Waals surface area contributed by atoms with E-state index in [1.165, 1.54) is 11.0 Å². The van der Waals surface area contributed by atoms with Gasteiger partial charge in [-0.2, -0.15) is 5.10 Å². The first kappa shape index (κ1) is 11.3. The monoisotopic (exact) mass is 231 g/mol. The molecule has 0 aliphatic carbocycles. The topological polar surface area (TPSA) is 68.0 Å². The Balaban J connectivity index is 2.33. The van der Waals surface area contributed by atoms with Gasteiger partial charge in [0.1, 0.15) is 12.4 Å². The van der Waals surface area contributed by atoms with Crippen LogP contribution in [0.2, 0.25) is 0 Å². The molecule has 1 N–H and O–H groups in total. The van der Waals surface area contributed by atoms with E-state index in [0.717, 1.165) is 11.1 Å². The van der Waals surface area contributed by atoms with Gasteiger partial charge in [0.05, 0.1) is 0 Å². The molecule has 0 aliphatic heterocycles. The molecule has 0 radical (unpaired) electrons. The molecule has 0 aliphatic rings. The lowest BCUT2D eigenvalue weighted by molar-refractivity contribution is -0.140. The van der Waals surface area contributed by atoms with Crippen LogP contribution >= 0.6 is 0 Å². The summed E-state index contributed by atoms with van der Waals surface area (Å²) in [5.74, 6) is -0.382. The minimum absolute atomic E-state index is 0.543. The van der Waals surface area contributed by atoms with E-state index in [1.54, 1.807) is 6.92 Å². The number of hydrogen-bond donors (Lipinski definition) is 1. The lowest BCUT2D eigenvalue weighted by atomic mass is 10.1. The molecule has 0 saturated heterocycles. The first-order valence-corrected chi connectivity index (χ1v) is 5.29. The van der Waals surface area contributed by atoms with E-state index in [-0.39, 0.29) is 0 Å². The molecule has 1 heterocycles. The smallest absolute Gasteiger partial charge is 0.328 e. The van der Waals surface area contributed by atoms with Gasteiger partial charge in [-0.15, -0.1) is 0 Å². The number of aromatic nitrogens is 3. The second-order valence-corrected chi connectivity index (χ2v) is 3.93. The summed E-state index contributed by atoms with van der Waals surface area (Å²) in [6.07, 6.45) is 1.44. The van der Waals surface area contributed by atoms with Crippen molar-refractivity contribution >= 4 is 5.97 Å². The molecule has 1 aromatic carbocycles. The highest BCUT2D eigenvalue weighted by atomic mass is 16.4. The maximum absolute atomic E-state index is 10.8. The number of hydrogen-bond acceptors (Lipinski definition) is 3. The predicted octanol–water partition coefficient (Wildman–Crippen LogP) is 1.90. The Hall–Kier alpha value is -2.17. The first-order valence-electron chi connectivity index (χ1n) is 5.29. The van der Waals surface area contributed by atoms with Gasteiger partial charge in [0.25, 0.3) is 0 Å². The van der Waals surface area contributed by atoms with Crippen molar-refractivity contribution in [3.05, 3.63) is 36.2 Å². The highest BCUT2D eigenvalue weighted by molar-refractivity contribution is 5.71. The first-order chi connectivity index (χ1) is 8.08. The number of aliphatic carboxylic acids is 1. The number of carboxylic acid groups (broad SMARTS) is 1. The molecule has 1 unspecified atom stereocenters. The molecule has 1 atom stereocenters. The Kier molecular flexibility index (Phi) is 2.91. The molecule has 0 spiro atoms. The molecule has 5 nitrogen and oxygen atoms in total. The summed E-state index contributed by atoms with van der Waals surface area (Å²) in [6.45, 7) is 3.55. The summed E-state index contributed by atoms with van der Waals surface area (Å²) in [5, 5.41) is 13.0. The number of carbonyl (C=O) groups is 1. The van der Waals surface area contributed by atoms with Gasteiger partial charge < -0.3 is 5.11 Å². The molecule has 0 fully saturated rings. The van der Waals surface area contributed by atoms with Crippen molar-refractivity contribution in [1.29, 1.82) is 0 Å². The second kappa shape index (κ2) is 4.37. The third kappa shape index (κ3) is 2.33. The Morgan fingerprint density at radius 2 is 2.24 bits per heavy atom. The minimum Gasteiger partial charge on any atom is -0.480 e. The van der Waals surface area contributed by atoms with E-state index in [1.807, 2.05) is 31.2 Å². The van der Waals surface area contributed by atoms with Crippen molar-refractivity contribution in [3.8, 4) is 11.4 Å². The standard InChI is InChI=1S/C12H13N3O2/c1-8-4-3-5-10(6-8)11-13-7-15(14-11)9(2)12(16)17/h3-7,9H,1-2H3,(H,16,17). The van der Waals surface area contributed by atoms with Crippen LogP contribution in [0.5, 0.6) is 0 Å². The number of benzene rings is 1. The molecule has 0 bridgehead atoms. The maximum atomic E-state index is 10.8. The highest BCUT2D eigenvalue weighted by Gasteiger charge is 2.15. The van der Waals surface area contributed by atoms with Crippen molar-refractivity contribution in [3.63, 3.8) is 0 Å². The van der Waals surface area contributed by atoms with Crippen molar-refractivity contribution in [2.45, 2.75) is 19.9 Å². The largest absolute Gasteiger partial charge is 0.480 e. The van der Waals surface area contributed by atoms with Gasteiger partial charge in [-0.3, -0.25) is 0 Å². The molecular formula is C12H13N3O2. The van der Waals surface area contributed by atoms with Crippen molar-refractivity contribution < 1.29 is 9.90 Å². The summed E-state index contributed by atoms with van der Waals surface area (Å²) in [4.78, 5) is 14.9. The quantitative estimate of drug-likeness (QED) is 0.876. The number of aryl methyl sites for hydroxylation is 1. The molecule has 88 valence electrons. The summed E-state index contributed by atoms with van der Waals surface area (Å²) >= 11 is 0. The lowest BCUT2D eigenvalue weighted by Gasteiger charge is -2.04. The van der Waals surface area contributed by atoms with Crippen LogP contribution in [0.1, 0.15) is 18.5 Å². The van der Waals surface area contributed by atoms with Crippen molar-refractivity contribution in [1.82, 2.24) is 14.8 Å². The summed E-state index contributed by atoms with van der Waals surface area (Å²) in [6, 6.07) is 7.07. The molecule has 17 heavy (non-hydrogen) atoms. The van der Waals surface area contributed by atoms with Crippen LogP contribution in [0.15, 0.2) is 30.6 Å². The molecule has 0 saturated carbocycles. The van der Waals surface area contributed by atoms with Gasteiger partial charge >= 0.3 is 5.97 Å². The van der Waals surface area contributed by atoms with Gasteiger partial charge in [0.15, 0.2) is 5.82 Å². The zero-order valence-corrected chi connectivity index (χ0v) is 9.66. The molecule has 2 aromatic rings. The fourth-order valence-electron chi connectivity index (χ4n) is 1.49. The third-order valence-electron chi connectivity index (χ3n) is 2.54. The van der Waals surface area contributed by atoms with Crippen LogP contribution < -0.4 is 0 Å². The summed E-state index contributed by atoms with van der Waals surface area (Å²) < 4.78 is 1.35. The van der Waals surface area contributed by atoms with Crippen molar-refractivity contribution in [2.75, 3.05) is 0 Å². The Bertz CT molecular complexity index is 548. The summed E-state index contributed by atoms with van der Waals surface area (Å²) in [5.41, 5.74) is 2.01. The Morgan fingerprint density at radius 3 is 2.88 bits per heavy atom. The minimum atomic E-state index is -0.925. The zero-order valence-electron chi connectivity index (χ0n) is 9.66.